The van der Waals surface area contributed by atoms with Crippen LogP contribution < -0.4 is 10.6 Å². The molecule has 1 fully saturated rings. The molecule has 0 N–H and O–H groups in total. The topological polar surface area (TPSA) is 50.5 Å². The number of anilines is 1. The summed E-state index contributed by atoms with van der Waals surface area (Å²) < 4.78 is 1.85. The summed E-state index contributed by atoms with van der Waals surface area (Å²) in [6.07, 6.45) is 15.4. The molecule has 1 aromatic heterocycles. The van der Waals surface area contributed by atoms with Crippen molar-refractivity contribution in [1.29, 1.82) is 0 Å². The molecule has 1 aliphatic rings. The van der Waals surface area contributed by atoms with Crippen LogP contribution in [-0.4, -0.2) is 22.8 Å². The highest BCUT2D eigenvalue weighted by molar-refractivity contribution is 6.31. The van der Waals surface area contributed by atoms with E-state index in [1.807, 2.05) is 16.7 Å². The van der Waals surface area contributed by atoms with Crippen LogP contribution in [0.5, 0.6) is 0 Å². The lowest BCUT2D eigenvalue weighted by molar-refractivity contribution is 0.343. The molecule has 0 aromatic carbocycles. The van der Waals surface area contributed by atoms with Gasteiger partial charge in [0.2, 0.25) is 5.82 Å². The van der Waals surface area contributed by atoms with Crippen molar-refractivity contribution in [2.45, 2.75) is 58.4 Å². The van der Waals surface area contributed by atoms with Crippen LogP contribution in [0.1, 0.15) is 64.1 Å². The molecule has 1 aliphatic carbocycles. The molecule has 1 saturated carbocycles. The van der Waals surface area contributed by atoms with Crippen molar-refractivity contribution in [3.8, 4) is 0 Å². The van der Waals surface area contributed by atoms with Crippen molar-refractivity contribution < 1.29 is 0 Å². The maximum atomic E-state index is 13.4. The molecule has 0 amide bonds. The Hall–Kier alpha value is -2.14. The van der Waals surface area contributed by atoms with Gasteiger partial charge in [0.25, 0.3) is 5.56 Å². The first kappa shape index (κ1) is 21.2. The molecule has 27 heavy (non-hydrogen) atoms. The van der Waals surface area contributed by atoms with Crippen LogP contribution >= 0.6 is 11.6 Å². The lowest BCUT2D eigenvalue weighted by Crippen LogP contribution is -2.34. The summed E-state index contributed by atoms with van der Waals surface area (Å²) in [4.78, 5) is 17.8. The molecular formula is C21H29ClN4O. The van der Waals surface area contributed by atoms with Gasteiger partial charge in [-0.1, -0.05) is 68.7 Å². The van der Waals surface area contributed by atoms with Gasteiger partial charge in [-0.15, -0.1) is 0 Å². The van der Waals surface area contributed by atoms with E-state index in [9.17, 15) is 4.79 Å². The molecule has 2 rings (SSSR count). The summed E-state index contributed by atoms with van der Waals surface area (Å²) in [6, 6.07) is 0.122. The molecule has 146 valence electrons. The van der Waals surface area contributed by atoms with Crippen LogP contribution in [0.2, 0.25) is 5.15 Å². The Morgan fingerprint density at radius 3 is 2.70 bits per heavy atom. The van der Waals surface area contributed by atoms with E-state index >= 15 is 0 Å². The zero-order chi connectivity index (χ0) is 19.8. The number of hydrogen-bond donors (Lipinski definition) is 0. The standard InChI is InChI=1S/C21H29ClN4O/c1-5-8-13-16(12-6-2)18-19(22)24-20(25(4)23-7-3)21(27)26(18)17-14-10-9-11-15-17/h5,7-8,12-13,17H,1,6,9-11,14-15H2,2-4H3/b13-8-,16-12+,23-7-. The van der Waals surface area contributed by atoms with E-state index in [1.165, 1.54) is 11.4 Å². The van der Waals surface area contributed by atoms with E-state index in [-0.39, 0.29) is 17.4 Å². The number of aromatic nitrogens is 2. The van der Waals surface area contributed by atoms with Gasteiger partial charge in [0.1, 0.15) is 0 Å². The Balaban J connectivity index is 2.75. The molecule has 0 aliphatic heterocycles. The molecule has 0 atom stereocenters. The average molecular weight is 389 g/mol. The average Bonchev–Trinajstić information content (AvgIpc) is 2.67. The van der Waals surface area contributed by atoms with Crippen LogP contribution in [-0.2, 0) is 0 Å². The SMILES string of the molecule is C=C/C=C\C(=C/CC)c1c(Cl)nc(N(C)/N=C\C)c(=O)n1C1CCCCC1. The highest BCUT2D eigenvalue weighted by Crippen LogP contribution is 2.33. The Kier molecular flexibility index (Phi) is 8.04. The van der Waals surface area contributed by atoms with Gasteiger partial charge < -0.3 is 0 Å². The van der Waals surface area contributed by atoms with E-state index in [1.54, 1.807) is 26.3 Å². The molecule has 1 aromatic rings. The fourth-order valence-electron chi connectivity index (χ4n) is 3.52. The molecular weight excluding hydrogens is 360 g/mol. The Bertz CT molecular complexity index is 801. The predicted molar refractivity (Wildman–Crippen MR) is 116 cm³/mol. The fraction of sp³-hybridized carbons (Fsp3) is 0.476. The highest BCUT2D eigenvalue weighted by atomic mass is 35.5. The highest BCUT2D eigenvalue weighted by Gasteiger charge is 2.26. The third kappa shape index (κ3) is 4.98. The van der Waals surface area contributed by atoms with Crippen LogP contribution in [0.15, 0.2) is 40.8 Å². The second-order valence-corrected chi connectivity index (χ2v) is 6.96. The lowest BCUT2D eigenvalue weighted by atomic mass is 9.94. The van der Waals surface area contributed by atoms with Gasteiger partial charge in [-0.25, -0.2) is 9.99 Å². The summed E-state index contributed by atoms with van der Waals surface area (Å²) in [5.74, 6) is 0.246. The first-order valence-corrected chi connectivity index (χ1v) is 9.96. The van der Waals surface area contributed by atoms with Gasteiger partial charge in [0.15, 0.2) is 5.15 Å². The smallest absolute Gasteiger partial charge is 0.296 e. The number of halogens is 1. The number of rotatable bonds is 7. The van der Waals surface area contributed by atoms with Crippen molar-refractivity contribution in [2.24, 2.45) is 5.10 Å². The number of allylic oxidation sites excluding steroid dienone is 5. The zero-order valence-electron chi connectivity index (χ0n) is 16.5. The first-order valence-electron chi connectivity index (χ1n) is 9.59. The molecule has 0 unspecified atom stereocenters. The lowest BCUT2D eigenvalue weighted by Gasteiger charge is -2.28. The van der Waals surface area contributed by atoms with E-state index < -0.39 is 0 Å². The summed E-state index contributed by atoms with van der Waals surface area (Å²) >= 11 is 6.63. The van der Waals surface area contributed by atoms with Crippen molar-refractivity contribution in [3.05, 3.63) is 52.1 Å². The zero-order valence-corrected chi connectivity index (χ0v) is 17.2. The van der Waals surface area contributed by atoms with Gasteiger partial charge in [0.05, 0.1) is 5.69 Å². The largest absolute Gasteiger partial charge is 0.299 e. The first-order chi connectivity index (χ1) is 13.0. The van der Waals surface area contributed by atoms with Crippen LogP contribution in [0.3, 0.4) is 0 Å². The maximum Gasteiger partial charge on any atom is 0.296 e. The van der Waals surface area contributed by atoms with Crippen molar-refractivity contribution in [1.82, 2.24) is 9.55 Å². The fourth-order valence-corrected chi connectivity index (χ4v) is 3.80. The molecule has 6 heteroatoms. The third-order valence-corrected chi connectivity index (χ3v) is 4.96. The van der Waals surface area contributed by atoms with E-state index in [0.29, 0.717) is 10.8 Å². The molecule has 0 bridgehead atoms. The van der Waals surface area contributed by atoms with Gasteiger partial charge in [-0.2, -0.15) is 5.10 Å². The molecule has 5 nitrogen and oxygen atoms in total. The monoisotopic (exact) mass is 388 g/mol. The summed E-state index contributed by atoms with van der Waals surface area (Å²) in [5.41, 5.74) is 1.43. The second kappa shape index (κ2) is 10.3. The van der Waals surface area contributed by atoms with E-state index in [0.717, 1.165) is 37.7 Å². The summed E-state index contributed by atoms with van der Waals surface area (Å²) in [5, 5.41) is 5.98. The number of hydrazone groups is 1. The summed E-state index contributed by atoms with van der Waals surface area (Å²) in [7, 11) is 1.71. The molecule has 0 radical (unpaired) electrons. The van der Waals surface area contributed by atoms with Gasteiger partial charge in [-0.05, 0) is 31.8 Å². The molecule has 0 saturated heterocycles. The minimum Gasteiger partial charge on any atom is -0.299 e. The van der Waals surface area contributed by atoms with Crippen molar-refractivity contribution >= 4 is 29.2 Å². The van der Waals surface area contributed by atoms with Crippen molar-refractivity contribution in [3.63, 3.8) is 0 Å². The second-order valence-electron chi connectivity index (χ2n) is 6.60. The minimum atomic E-state index is -0.150. The number of hydrogen-bond acceptors (Lipinski definition) is 4. The van der Waals surface area contributed by atoms with Gasteiger partial charge >= 0.3 is 0 Å². The van der Waals surface area contributed by atoms with Gasteiger partial charge in [-0.3, -0.25) is 9.36 Å². The minimum absolute atomic E-state index is 0.122. The van der Waals surface area contributed by atoms with E-state index in [4.69, 9.17) is 11.6 Å². The summed E-state index contributed by atoms with van der Waals surface area (Å²) in [6.45, 7) is 7.60. The predicted octanol–water partition coefficient (Wildman–Crippen LogP) is 5.38. The van der Waals surface area contributed by atoms with Gasteiger partial charge in [0, 0.05) is 19.3 Å². The Morgan fingerprint density at radius 1 is 1.41 bits per heavy atom. The van der Waals surface area contributed by atoms with Crippen LogP contribution in [0.4, 0.5) is 5.82 Å². The van der Waals surface area contributed by atoms with Crippen LogP contribution in [0.25, 0.3) is 5.57 Å². The number of nitrogens with zero attached hydrogens (tertiary/aromatic N) is 4. The maximum absolute atomic E-state index is 13.4. The molecule has 1 heterocycles. The van der Waals surface area contributed by atoms with Crippen molar-refractivity contribution in [2.75, 3.05) is 12.1 Å². The van der Waals surface area contributed by atoms with E-state index in [2.05, 4.69) is 29.7 Å². The normalized spacial score (nSPS) is 16.4. The molecule has 0 spiro atoms. The Morgan fingerprint density at radius 2 is 2.11 bits per heavy atom. The van der Waals surface area contributed by atoms with Crippen LogP contribution in [0, 0.1) is 0 Å². The quantitative estimate of drug-likeness (QED) is 0.358. The Labute approximate surface area is 166 Å². The third-order valence-electron chi connectivity index (χ3n) is 4.69.